The number of carbonyl (C=O) groups excluding carboxylic acids is 1. The van der Waals surface area contributed by atoms with Gasteiger partial charge in [0.15, 0.2) is 0 Å². The molecule has 1 amide bonds. The zero-order chi connectivity index (χ0) is 10.6. The Balaban J connectivity index is 2.50. The van der Waals surface area contributed by atoms with E-state index in [0.29, 0.717) is 6.42 Å². The van der Waals surface area contributed by atoms with Gasteiger partial charge in [0.05, 0.1) is 0 Å². The van der Waals surface area contributed by atoms with Crippen LogP contribution in [0, 0.1) is 0 Å². The van der Waals surface area contributed by atoms with Crippen LogP contribution < -0.4 is 5.32 Å². The molecule has 0 heterocycles. The molecule has 0 radical (unpaired) electrons. The molecule has 1 aromatic carbocycles. The predicted molar refractivity (Wildman–Crippen MR) is 62.8 cm³/mol. The fraction of sp³-hybridized carbons (Fsp3) is 0.364. The van der Waals surface area contributed by atoms with E-state index in [4.69, 9.17) is 0 Å². The van der Waals surface area contributed by atoms with Crippen LogP contribution >= 0.6 is 12.6 Å². The van der Waals surface area contributed by atoms with E-state index in [0.717, 1.165) is 5.69 Å². The molecule has 0 spiro atoms. The first kappa shape index (κ1) is 11.1. The standard InChI is InChI=1S/C11H15NOS/c1-11(2,14)8-10(13)12-9-6-4-3-5-7-9/h3-7,14H,8H2,1-2H3,(H,12,13). The minimum atomic E-state index is -0.265. The molecule has 1 rings (SSSR count). The number of benzene rings is 1. The van der Waals surface area contributed by atoms with Gasteiger partial charge >= 0.3 is 0 Å². The summed E-state index contributed by atoms with van der Waals surface area (Å²) in [5.74, 6) is -0.00352. The van der Waals surface area contributed by atoms with E-state index in [2.05, 4.69) is 17.9 Å². The van der Waals surface area contributed by atoms with Gasteiger partial charge in [0.2, 0.25) is 5.91 Å². The Labute approximate surface area is 90.1 Å². The second-order valence-corrected chi connectivity index (χ2v) is 5.11. The van der Waals surface area contributed by atoms with Gasteiger partial charge in [-0.15, -0.1) is 0 Å². The Bertz CT molecular complexity index is 303. The maximum absolute atomic E-state index is 11.5. The largest absolute Gasteiger partial charge is 0.326 e. The highest BCUT2D eigenvalue weighted by atomic mass is 32.1. The average Bonchev–Trinajstić information content (AvgIpc) is 2.02. The molecule has 0 fully saturated rings. The minimum absolute atomic E-state index is 0.00352. The Morgan fingerprint density at radius 2 is 1.93 bits per heavy atom. The number of thiol groups is 1. The Morgan fingerprint density at radius 3 is 2.43 bits per heavy atom. The Kier molecular flexibility index (Phi) is 3.58. The quantitative estimate of drug-likeness (QED) is 0.736. The van der Waals surface area contributed by atoms with Crippen molar-refractivity contribution in [2.45, 2.75) is 25.0 Å². The van der Waals surface area contributed by atoms with Gasteiger partial charge in [0.1, 0.15) is 0 Å². The summed E-state index contributed by atoms with van der Waals surface area (Å²) in [6.45, 7) is 3.83. The van der Waals surface area contributed by atoms with Crippen LogP contribution in [0.1, 0.15) is 20.3 Å². The highest BCUT2D eigenvalue weighted by molar-refractivity contribution is 7.81. The maximum atomic E-state index is 11.5. The Hall–Kier alpha value is -0.960. The van der Waals surface area contributed by atoms with E-state index in [1.807, 2.05) is 44.2 Å². The molecule has 0 saturated heterocycles. The zero-order valence-electron chi connectivity index (χ0n) is 8.45. The number of hydrogen-bond acceptors (Lipinski definition) is 2. The molecule has 76 valence electrons. The van der Waals surface area contributed by atoms with Crippen molar-refractivity contribution < 1.29 is 4.79 Å². The first-order chi connectivity index (χ1) is 6.47. The summed E-state index contributed by atoms with van der Waals surface area (Å²) in [7, 11) is 0. The van der Waals surface area contributed by atoms with Gasteiger partial charge in [-0.1, -0.05) is 32.0 Å². The van der Waals surface area contributed by atoms with Crippen LogP contribution in [0.4, 0.5) is 5.69 Å². The first-order valence-corrected chi connectivity index (χ1v) is 4.99. The smallest absolute Gasteiger partial charge is 0.225 e. The molecular formula is C11H15NOS. The van der Waals surface area contributed by atoms with Crippen LogP contribution in [0.2, 0.25) is 0 Å². The van der Waals surface area contributed by atoms with Crippen LogP contribution in [-0.2, 0) is 4.79 Å². The molecule has 2 nitrogen and oxygen atoms in total. The van der Waals surface area contributed by atoms with E-state index >= 15 is 0 Å². The highest BCUT2D eigenvalue weighted by Crippen LogP contribution is 2.17. The molecule has 0 atom stereocenters. The normalized spacial score (nSPS) is 11.1. The first-order valence-electron chi connectivity index (χ1n) is 4.55. The monoisotopic (exact) mass is 209 g/mol. The SMILES string of the molecule is CC(C)(S)CC(=O)Nc1ccccc1. The molecule has 0 unspecified atom stereocenters. The fourth-order valence-electron chi connectivity index (χ4n) is 1.12. The number of carbonyl (C=O) groups is 1. The van der Waals surface area contributed by atoms with Crippen molar-refractivity contribution in [2.75, 3.05) is 5.32 Å². The van der Waals surface area contributed by atoms with Crippen LogP contribution in [0.3, 0.4) is 0 Å². The van der Waals surface area contributed by atoms with Gasteiger partial charge in [0.25, 0.3) is 0 Å². The molecule has 0 bridgehead atoms. The summed E-state index contributed by atoms with van der Waals surface area (Å²) in [5, 5.41) is 2.81. The summed E-state index contributed by atoms with van der Waals surface area (Å²) >= 11 is 4.30. The molecule has 14 heavy (non-hydrogen) atoms. The molecule has 0 saturated carbocycles. The van der Waals surface area contributed by atoms with Crippen molar-refractivity contribution >= 4 is 24.2 Å². The zero-order valence-corrected chi connectivity index (χ0v) is 9.34. The fourth-order valence-corrected chi connectivity index (χ4v) is 1.26. The minimum Gasteiger partial charge on any atom is -0.326 e. The summed E-state index contributed by atoms with van der Waals surface area (Å²) in [6, 6.07) is 9.42. The number of amides is 1. The van der Waals surface area contributed by atoms with Gasteiger partial charge in [0, 0.05) is 16.9 Å². The van der Waals surface area contributed by atoms with E-state index in [9.17, 15) is 4.79 Å². The lowest BCUT2D eigenvalue weighted by Crippen LogP contribution is -2.22. The van der Waals surface area contributed by atoms with Crippen molar-refractivity contribution in [3.8, 4) is 0 Å². The molecule has 1 N–H and O–H groups in total. The molecule has 0 aromatic heterocycles. The van der Waals surface area contributed by atoms with Gasteiger partial charge in [-0.25, -0.2) is 0 Å². The van der Waals surface area contributed by atoms with Crippen LogP contribution in [0.15, 0.2) is 30.3 Å². The maximum Gasteiger partial charge on any atom is 0.225 e. The number of hydrogen-bond donors (Lipinski definition) is 2. The third-order valence-corrected chi connectivity index (χ3v) is 1.81. The lowest BCUT2D eigenvalue weighted by atomic mass is 10.1. The van der Waals surface area contributed by atoms with Gasteiger partial charge < -0.3 is 5.32 Å². The Morgan fingerprint density at radius 1 is 1.36 bits per heavy atom. The second-order valence-electron chi connectivity index (χ2n) is 3.90. The third-order valence-electron chi connectivity index (χ3n) is 1.65. The number of rotatable bonds is 3. The average molecular weight is 209 g/mol. The molecule has 3 heteroatoms. The molecule has 0 aliphatic rings. The van der Waals surface area contributed by atoms with E-state index in [1.54, 1.807) is 0 Å². The summed E-state index contributed by atoms with van der Waals surface area (Å²) in [6.07, 6.45) is 0.408. The van der Waals surface area contributed by atoms with E-state index in [1.165, 1.54) is 0 Å². The van der Waals surface area contributed by atoms with Crippen molar-refractivity contribution in [2.24, 2.45) is 0 Å². The number of para-hydroxylation sites is 1. The summed E-state index contributed by atoms with van der Waals surface area (Å²) in [4.78, 5) is 11.5. The van der Waals surface area contributed by atoms with E-state index in [-0.39, 0.29) is 10.7 Å². The van der Waals surface area contributed by atoms with Crippen LogP contribution in [0.5, 0.6) is 0 Å². The lowest BCUT2D eigenvalue weighted by molar-refractivity contribution is -0.116. The van der Waals surface area contributed by atoms with Gasteiger partial charge in [-0.05, 0) is 12.1 Å². The predicted octanol–water partition coefficient (Wildman–Crippen LogP) is 2.72. The summed E-state index contributed by atoms with van der Waals surface area (Å²) in [5.41, 5.74) is 0.829. The molecule has 0 aliphatic heterocycles. The molecular weight excluding hydrogens is 194 g/mol. The van der Waals surface area contributed by atoms with Crippen LogP contribution in [-0.4, -0.2) is 10.7 Å². The lowest BCUT2D eigenvalue weighted by Gasteiger charge is -2.16. The van der Waals surface area contributed by atoms with Crippen molar-refractivity contribution in [1.29, 1.82) is 0 Å². The van der Waals surface area contributed by atoms with E-state index < -0.39 is 0 Å². The number of anilines is 1. The van der Waals surface area contributed by atoms with Gasteiger partial charge in [-0.2, -0.15) is 12.6 Å². The van der Waals surface area contributed by atoms with Crippen molar-refractivity contribution in [3.63, 3.8) is 0 Å². The molecule has 0 aliphatic carbocycles. The molecule has 1 aromatic rings. The highest BCUT2D eigenvalue weighted by Gasteiger charge is 2.16. The number of nitrogens with one attached hydrogen (secondary N) is 1. The van der Waals surface area contributed by atoms with Crippen molar-refractivity contribution in [1.82, 2.24) is 0 Å². The summed E-state index contributed by atoms with van der Waals surface area (Å²) < 4.78 is -0.265. The van der Waals surface area contributed by atoms with Gasteiger partial charge in [-0.3, -0.25) is 4.79 Å². The van der Waals surface area contributed by atoms with Crippen LogP contribution in [0.25, 0.3) is 0 Å². The second kappa shape index (κ2) is 4.51. The van der Waals surface area contributed by atoms with Crippen molar-refractivity contribution in [3.05, 3.63) is 30.3 Å². The topological polar surface area (TPSA) is 29.1 Å². The third kappa shape index (κ3) is 4.33.